The minimum atomic E-state index is -1.54. The molecule has 7 nitrogen and oxygen atoms in total. The summed E-state index contributed by atoms with van der Waals surface area (Å²) in [7, 11) is 0. The Kier molecular flexibility index (Phi) is 7.43. The van der Waals surface area contributed by atoms with Crippen LogP contribution in [0.4, 0.5) is 0 Å². The number of carbonyl (C=O) groups is 1. The molecule has 0 spiro atoms. The fraction of sp³-hybridized carbons (Fsp3) is 0.391. The molecule has 0 unspecified atom stereocenters. The molecule has 0 aromatic heterocycles. The highest BCUT2D eigenvalue weighted by Crippen LogP contribution is 2.24. The molecule has 7 heteroatoms. The van der Waals surface area contributed by atoms with E-state index in [0.29, 0.717) is 26.4 Å². The summed E-state index contributed by atoms with van der Waals surface area (Å²) < 4.78 is 16.5. The minimum absolute atomic E-state index is 0.114. The van der Waals surface area contributed by atoms with Gasteiger partial charge in [-0.25, -0.2) is 4.79 Å². The molecule has 0 aliphatic carbocycles. The van der Waals surface area contributed by atoms with E-state index >= 15 is 0 Å². The summed E-state index contributed by atoms with van der Waals surface area (Å²) in [6, 6.07) is 17.6. The number of carboxylic acids is 1. The molecule has 1 saturated heterocycles. The van der Waals surface area contributed by atoms with Gasteiger partial charge in [-0.2, -0.15) is 0 Å². The Morgan fingerprint density at radius 1 is 1.10 bits per heavy atom. The van der Waals surface area contributed by atoms with Gasteiger partial charge in [-0.05, 0) is 36.6 Å². The third-order valence-electron chi connectivity index (χ3n) is 4.86. The Balaban J connectivity index is 1.37. The van der Waals surface area contributed by atoms with Crippen LogP contribution < -0.4 is 4.74 Å². The van der Waals surface area contributed by atoms with E-state index in [-0.39, 0.29) is 5.92 Å². The maximum atomic E-state index is 11.1. The normalized spacial score (nSPS) is 21.8. The molecule has 0 amide bonds. The van der Waals surface area contributed by atoms with E-state index in [9.17, 15) is 4.79 Å². The summed E-state index contributed by atoms with van der Waals surface area (Å²) in [5, 5.41) is 13.2. The summed E-state index contributed by atoms with van der Waals surface area (Å²) >= 11 is 0. The molecule has 1 aliphatic heterocycles. The van der Waals surface area contributed by atoms with E-state index in [4.69, 9.17) is 24.2 Å². The lowest BCUT2D eigenvalue weighted by Crippen LogP contribution is -2.48. The summed E-state index contributed by atoms with van der Waals surface area (Å²) in [5.41, 5.74) is 2.95. The fourth-order valence-electron chi connectivity index (χ4n) is 3.01. The van der Waals surface area contributed by atoms with Gasteiger partial charge in [0.15, 0.2) is 6.61 Å². The molecule has 1 heterocycles. The monoisotopic (exact) mass is 413 g/mol. The van der Waals surface area contributed by atoms with Crippen molar-refractivity contribution in [2.75, 3.05) is 26.4 Å². The Morgan fingerprint density at radius 3 is 2.40 bits per heavy atom. The van der Waals surface area contributed by atoms with Crippen LogP contribution in [-0.2, 0) is 25.5 Å². The molecule has 0 atom stereocenters. The molecular formula is C23H27NO6. The zero-order chi connectivity index (χ0) is 21.4. The lowest BCUT2D eigenvalue weighted by molar-refractivity contribution is -0.270. The standard InChI is InChI=1S/C23H27NO6/c1-17(20-6-4-3-5-7-20)24-30-13-12-27-21-10-8-18(9-11-21)14-19-15-28-23(2,22(25)26)29-16-19/h3-11,19H,12-16H2,1-2H3,(H,25,26)/b24-17+. The molecule has 0 bridgehead atoms. The predicted octanol–water partition coefficient (Wildman–Crippen LogP) is 3.51. The third kappa shape index (κ3) is 6.05. The van der Waals surface area contributed by atoms with Crippen molar-refractivity contribution in [1.82, 2.24) is 0 Å². The zero-order valence-corrected chi connectivity index (χ0v) is 17.2. The topological polar surface area (TPSA) is 86.6 Å². The number of oxime groups is 1. The predicted molar refractivity (Wildman–Crippen MR) is 112 cm³/mol. The first-order valence-electron chi connectivity index (χ1n) is 9.91. The van der Waals surface area contributed by atoms with E-state index in [1.54, 1.807) is 0 Å². The number of carboxylic acid groups (broad SMARTS) is 1. The molecule has 30 heavy (non-hydrogen) atoms. The summed E-state index contributed by atoms with van der Waals surface area (Å²) in [5.74, 6) is -1.78. The third-order valence-corrected chi connectivity index (χ3v) is 4.86. The lowest BCUT2D eigenvalue weighted by Gasteiger charge is -2.34. The molecule has 160 valence electrons. The van der Waals surface area contributed by atoms with Crippen LogP contribution in [-0.4, -0.2) is 49.0 Å². The number of nitrogens with zero attached hydrogens (tertiary/aromatic N) is 1. The lowest BCUT2D eigenvalue weighted by atomic mass is 9.99. The van der Waals surface area contributed by atoms with Crippen LogP contribution in [0.3, 0.4) is 0 Å². The SMILES string of the molecule is C/C(=N\OCCOc1ccc(CC2COC(C)(C(=O)O)OC2)cc1)c1ccccc1. The second kappa shape index (κ2) is 10.2. The van der Waals surface area contributed by atoms with Crippen LogP contribution in [0.5, 0.6) is 5.75 Å². The molecule has 3 rings (SSSR count). The maximum Gasteiger partial charge on any atom is 0.364 e. The van der Waals surface area contributed by atoms with Gasteiger partial charge in [0.2, 0.25) is 0 Å². The molecule has 1 N–H and O–H groups in total. The van der Waals surface area contributed by atoms with Gasteiger partial charge in [0.25, 0.3) is 5.79 Å². The molecule has 0 saturated carbocycles. The average molecular weight is 413 g/mol. The Bertz CT molecular complexity index is 842. The highest BCUT2D eigenvalue weighted by atomic mass is 16.7. The van der Waals surface area contributed by atoms with Crippen molar-refractivity contribution in [2.45, 2.75) is 26.1 Å². The van der Waals surface area contributed by atoms with Crippen molar-refractivity contribution in [3.05, 3.63) is 65.7 Å². The molecule has 2 aromatic carbocycles. The number of hydrogen-bond donors (Lipinski definition) is 1. The fourth-order valence-corrected chi connectivity index (χ4v) is 3.01. The van der Waals surface area contributed by atoms with E-state index in [1.165, 1.54) is 6.92 Å². The number of rotatable bonds is 9. The molecule has 2 aromatic rings. The Hall–Kier alpha value is -2.90. The molecular weight excluding hydrogens is 386 g/mol. The highest BCUT2D eigenvalue weighted by molar-refractivity contribution is 5.98. The van der Waals surface area contributed by atoms with Crippen molar-refractivity contribution < 1.29 is 28.9 Å². The summed E-state index contributed by atoms with van der Waals surface area (Å²) in [6.07, 6.45) is 0.743. The van der Waals surface area contributed by atoms with Crippen molar-refractivity contribution in [1.29, 1.82) is 0 Å². The van der Waals surface area contributed by atoms with Gasteiger partial charge < -0.3 is 24.2 Å². The smallest absolute Gasteiger partial charge is 0.364 e. The van der Waals surface area contributed by atoms with Crippen LogP contribution in [0.1, 0.15) is 25.0 Å². The van der Waals surface area contributed by atoms with Gasteiger partial charge in [0, 0.05) is 12.8 Å². The first-order valence-corrected chi connectivity index (χ1v) is 9.91. The summed E-state index contributed by atoms with van der Waals surface area (Å²) in [4.78, 5) is 16.4. The van der Waals surface area contributed by atoms with Crippen LogP contribution in [0.15, 0.2) is 59.8 Å². The van der Waals surface area contributed by atoms with Crippen molar-refractivity contribution >= 4 is 11.7 Å². The van der Waals surface area contributed by atoms with E-state index in [1.807, 2.05) is 61.5 Å². The van der Waals surface area contributed by atoms with Crippen LogP contribution in [0.25, 0.3) is 0 Å². The van der Waals surface area contributed by atoms with Crippen LogP contribution in [0, 0.1) is 5.92 Å². The Labute approximate surface area is 176 Å². The van der Waals surface area contributed by atoms with Crippen molar-refractivity contribution in [2.24, 2.45) is 11.1 Å². The average Bonchev–Trinajstić information content (AvgIpc) is 2.76. The summed E-state index contributed by atoms with van der Waals surface area (Å²) in [6.45, 7) is 4.77. The van der Waals surface area contributed by atoms with Crippen LogP contribution in [0.2, 0.25) is 0 Å². The molecule has 1 fully saturated rings. The van der Waals surface area contributed by atoms with E-state index in [0.717, 1.165) is 29.0 Å². The highest BCUT2D eigenvalue weighted by Gasteiger charge is 2.40. The van der Waals surface area contributed by atoms with Crippen molar-refractivity contribution in [3.8, 4) is 5.75 Å². The molecule has 0 radical (unpaired) electrons. The van der Waals surface area contributed by atoms with Gasteiger partial charge in [-0.15, -0.1) is 0 Å². The van der Waals surface area contributed by atoms with Gasteiger partial charge in [-0.1, -0.05) is 47.6 Å². The number of benzene rings is 2. The zero-order valence-electron chi connectivity index (χ0n) is 17.2. The van der Waals surface area contributed by atoms with E-state index < -0.39 is 11.8 Å². The number of aliphatic carboxylic acids is 1. The maximum absolute atomic E-state index is 11.1. The van der Waals surface area contributed by atoms with Gasteiger partial charge in [0.1, 0.15) is 12.4 Å². The number of hydrogen-bond acceptors (Lipinski definition) is 6. The largest absolute Gasteiger partial charge is 0.490 e. The van der Waals surface area contributed by atoms with Crippen molar-refractivity contribution in [3.63, 3.8) is 0 Å². The number of ether oxygens (including phenoxy) is 3. The second-order valence-electron chi connectivity index (χ2n) is 7.31. The first kappa shape index (κ1) is 21.8. The van der Waals surface area contributed by atoms with Gasteiger partial charge in [0.05, 0.1) is 18.9 Å². The van der Waals surface area contributed by atoms with E-state index in [2.05, 4.69) is 5.16 Å². The van der Waals surface area contributed by atoms with Gasteiger partial charge >= 0.3 is 5.97 Å². The van der Waals surface area contributed by atoms with Crippen LogP contribution >= 0.6 is 0 Å². The minimum Gasteiger partial charge on any atom is -0.490 e. The second-order valence-corrected chi connectivity index (χ2v) is 7.31. The van der Waals surface area contributed by atoms with Gasteiger partial charge in [-0.3, -0.25) is 0 Å². The molecule has 1 aliphatic rings. The Morgan fingerprint density at radius 2 is 1.77 bits per heavy atom. The quantitative estimate of drug-likeness (QED) is 0.385. The first-order chi connectivity index (χ1) is 14.5.